The molecule has 10 rings (SSSR count). The first-order chi connectivity index (χ1) is 23.1. The number of hydrogen-bond donors (Lipinski definition) is 0. The standard InChI is InChI=1S/C45H32N2/c1-45(2)36-22-12-9-19-33(36)41-42(45)44-40(35-21-11-14-24-38(35)47(44)31-17-7-4-8-18-31)39-34-20-10-13-23-37(34)46(43(39)41)32-27-25-30(26-28-32)29-15-5-3-6-16-29/h3-28H,1-2H3. The number of para-hydroxylation sites is 3. The van der Waals surface area contributed by atoms with E-state index >= 15 is 0 Å². The Morgan fingerprint density at radius 3 is 1.60 bits per heavy atom. The molecule has 2 aromatic heterocycles. The van der Waals surface area contributed by atoms with Gasteiger partial charge in [0.05, 0.1) is 22.1 Å². The summed E-state index contributed by atoms with van der Waals surface area (Å²) >= 11 is 0. The van der Waals surface area contributed by atoms with Gasteiger partial charge in [-0.05, 0) is 64.2 Å². The molecule has 1 aliphatic rings. The molecule has 9 aromatic rings. The van der Waals surface area contributed by atoms with Crippen LogP contribution in [-0.2, 0) is 5.41 Å². The predicted molar refractivity (Wildman–Crippen MR) is 198 cm³/mol. The second kappa shape index (κ2) is 9.57. The quantitative estimate of drug-likeness (QED) is 0.191. The maximum absolute atomic E-state index is 2.53. The van der Waals surface area contributed by atoms with E-state index in [1.165, 1.54) is 88.4 Å². The summed E-state index contributed by atoms with van der Waals surface area (Å²) in [6, 6.07) is 57.7. The molecule has 0 radical (unpaired) electrons. The number of nitrogens with zero attached hydrogens (tertiary/aromatic N) is 2. The largest absolute Gasteiger partial charge is 0.309 e. The van der Waals surface area contributed by atoms with E-state index in [9.17, 15) is 0 Å². The summed E-state index contributed by atoms with van der Waals surface area (Å²) in [5, 5.41) is 5.21. The van der Waals surface area contributed by atoms with E-state index in [0.717, 1.165) is 0 Å². The summed E-state index contributed by atoms with van der Waals surface area (Å²) < 4.78 is 5.06. The number of aromatic nitrogens is 2. The molecule has 0 aliphatic heterocycles. The molecule has 0 spiro atoms. The summed E-state index contributed by atoms with van der Waals surface area (Å²) in [6.45, 7) is 4.83. The first kappa shape index (κ1) is 26.4. The Morgan fingerprint density at radius 1 is 0.426 bits per heavy atom. The maximum Gasteiger partial charge on any atom is 0.0630 e. The Labute approximate surface area is 273 Å². The van der Waals surface area contributed by atoms with Gasteiger partial charge < -0.3 is 9.13 Å². The second-order valence-electron chi connectivity index (χ2n) is 13.3. The lowest BCUT2D eigenvalue weighted by Gasteiger charge is -2.24. The highest BCUT2D eigenvalue weighted by Crippen LogP contribution is 2.58. The van der Waals surface area contributed by atoms with Crippen LogP contribution in [0.3, 0.4) is 0 Å². The molecule has 2 heterocycles. The normalized spacial score (nSPS) is 13.5. The zero-order valence-electron chi connectivity index (χ0n) is 26.4. The van der Waals surface area contributed by atoms with Crippen LogP contribution in [0, 0.1) is 0 Å². The molecule has 2 heteroatoms. The van der Waals surface area contributed by atoms with Crippen LogP contribution in [0.1, 0.15) is 25.0 Å². The topological polar surface area (TPSA) is 9.86 Å². The third-order valence-electron chi connectivity index (χ3n) is 10.5. The van der Waals surface area contributed by atoms with Gasteiger partial charge in [0, 0.05) is 43.9 Å². The average molecular weight is 601 g/mol. The van der Waals surface area contributed by atoms with Gasteiger partial charge in [0.1, 0.15) is 0 Å². The molecule has 47 heavy (non-hydrogen) atoms. The molecule has 0 bridgehead atoms. The van der Waals surface area contributed by atoms with Crippen LogP contribution in [-0.4, -0.2) is 9.13 Å². The van der Waals surface area contributed by atoms with Crippen LogP contribution in [0.5, 0.6) is 0 Å². The molecule has 0 fully saturated rings. The zero-order chi connectivity index (χ0) is 31.3. The summed E-state index contributed by atoms with van der Waals surface area (Å²) in [7, 11) is 0. The smallest absolute Gasteiger partial charge is 0.0630 e. The highest BCUT2D eigenvalue weighted by Gasteiger charge is 2.41. The van der Waals surface area contributed by atoms with E-state index in [1.807, 2.05) is 0 Å². The molecule has 0 unspecified atom stereocenters. The first-order valence-corrected chi connectivity index (χ1v) is 16.5. The summed E-state index contributed by atoms with van der Waals surface area (Å²) in [6.07, 6.45) is 0. The van der Waals surface area contributed by atoms with Gasteiger partial charge in [0.25, 0.3) is 0 Å². The molecular weight excluding hydrogens is 569 g/mol. The molecule has 0 N–H and O–H groups in total. The molecule has 7 aromatic carbocycles. The van der Waals surface area contributed by atoms with Crippen LogP contribution in [0.25, 0.3) is 77.2 Å². The van der Waals surface area contributed by atoms with E-state index in [0.29, 0.717) is 0 Å². The van der Waals surface area contributed by atoms with E-state index < -0.39 is 0 Å². The van der Waals surface area contributed by atoms with Gasteiger partial charge in [-0.25, -0.2) is 0 Å². The van der Waals surface area contributed by atoms with Crippen LogP contribution in [0.2, 0.25) is 0 Å². The lowest BCUT2D eigenvalue weighted by atomic mass is 9.81. The van der Waals surface area contributed by atoms with Crippen molar-refractivity contribution in [1.29, 1.82) is 0 Å². The first-order valence-electron chi connectivity index (χ1n) is 16.5. The van der Waals surface area contributed by atoms with Gasteiger partial charge >= 0.3 is 0 Å². The monoisotopic (exact) mass is 600 g/mol. The van der Waals surface area contributed by atoms with Crippen LogP contribution in [0.4, 0.5) is 0 Å². The van der Waals surface area contributed by atoms with Crippen molar-refractivity contribution in [2.24, 2.45) is 0 Å². The van der Waals surface area contributed by atoms with Gasteiger partial charge in [-0.3, -0.25) is 0 Å². The van der Waals surface area contributed by atoms with Crippen molar-refractivity contribution < 1.29 is 0 Å². The summed E-state index contributed by atoms with van der Waals surface area (Å²) in [5.74, 6) is 0. The molecule has 222 valence electrons. The van der Waals surface area contributed by atoms with Crippen molar-refractivity contribution in [1.82, 2.24) is 9.13 Å². The molecule has 1 aliphatic carbocycles. The van der Waals surface area contributed by atoms with E-state index in [4.69, 9.17) is 0 Å². The summed E-state index contributed by atoms with van der Waals surface area (Å²) in [5.41, 5.74) is 15.1. The van der Waals surface area contributed by atoms with Crippen molar-refractivity contribution in [3.8, 4) is 33.6 Å². The van der Waals surface area contributed by atoms with Gasteiger partial charge in [-0.15, -0.1) is 0 Å². The van der Waals surface area contributed by atoms with E-state index in [2.05, 4.69) is 181 Å². The SMILES string of the molecule is CC1(C)c2ccccc2-c2c1c1c(c3ccccc3n1-c1ccccc1)c1c3ccccc3n(-c3ccc(-c4ccccc4)cc3)c21. The lowest BCUT2D eigenvalue weighted by Crippen LogP contribution is -2.16. The van der Waals surface area contributed by atoms with Crippen molar-refractivity contribution in [2.45, 2.75) is 19.3 Å². The third-order valence-corrected chi connectivity index (χ3v) is 10.5. The van der Waals surface area contributed by atoms with E-state index in [1.54, 1.807) is 0 Å². The third kappa shape index (κ3) is 3.50. The Hall–Kier alpha value is -5.86. The maximum atomic E-state index is 2.53. The predicted octanol–water partition coefficient (Wildman–Crippen LogP) is 11.9. The zero-order valence-corrected chi connectivity index (χ0v) is 26.4. The second-order valence-corrected chi connectivity index (χ2v) is 13.3. The minimum atomic E-state index is -0.211. The number of hydrogen-bond acceptors (Lipinski definition) is 0. The Kier molecular flexibility index (Phi) is 5.37. The van der Waals surface area contributed by atoms with Crippen molar-refractivity contribution >= 4 is 43.6 Å². The number of fused-ring (bicyclic) bond motifs is 12. The fraction of sp³-hybridized carbons (Fsp3) is 0.0667. The van der Waals surface area contributed by atoms with Gasteiger partial charge in [-0.1, -0.05) is 135 Å². The molecule has 0 atom stereocenters. The fourth-order valence-electron chi connectivity index (χ4n) is 8.49. The average Bonchev–Trinajstić information content (AvgIpc) is 3.73. The molecule has 2 nitrogen and oxygen atoms in total. The lowest BCUT2D eigenvalue weighted by molar-refractivity contribution is 0.664. The Balaban J connectivity index is 1.45. The van der Waals surface area contributed by atoms with Crippen molar-refractivity contribution in [2.75, 3.05) is 0 Å². The van der Waals surface area contributed by atoms with Crippen LogP contribution in [0.15, 0.2) is 158 Å². The number of rotatable bonds is 3. The minimum absolute atomic E-state index is 0.211. The van der Waals surface area contributed by atoms with Gasteiger partial charge in [0.15, 0.2) is 0 Å². The van der Waals surface area contributed by atoms with Crippen LogP contribution < -0.4 is 0 Å². The van der Waals surface area contributed by atoms with Crippen LogP contribution >= 0.6 is 0 Å². The molecule has 0 saturated heterocycles. The fourth-order valence-corrected chi connectivity index (χ4v) is 8.49. The van der Waals surface area contributed by atoms with Crippen molar-refractivity contribution in [3.63, 3.8) is 0 Å². The van der Waals surface area contributed by atoms with Gasteiger partial charge in [-0.2, -0.15) is 0 Å². The number of benzene rings is 7. The Morgan fingerprint density at radius 2 is 0.915 bits per heavy atom. The molecular formula is C45H32N2. The van der Waals surface area contributed by atoms with Gasteiger partial charge in [0.2, 0.25) is 0 Å². The van der Waals surface area contributed by atoms with E-state index in [-0.39, 0.29) is 5.41 Å². The minimum Gasteiger partial charge on any atom is -0.309 e. The highest BCUT2D eigenvalue weighted by atomic mass is 15.0. The highest BCUT2D eigenvalue weighted by molar-refractivity contribution is 6.33. The molecule has 0 saturated carbocycles. The Bertz CT molecular complexity index is 2670. The molecule has 0 amide bonds. The summed E-state index contributed by atoms with van der Waals surface area (Å²) in [4.78, 5) is 0. The van der Waals surface area contributed by atoms with Crippen molar-refractivity contribution in [3.05, 3.63) is 169 Å².